The molecule has 5 heteroatoms. The van der Waals surface area contributed by atoms with E-state index in [0.717, 1.165) is 27.6 Å². The van der Waals surface area contributed by atoms with Gasteiger partial charge in [0.05, 0.1) is 5.58 Å². The first kappa shape index (κ1) is 25.3. The Bertz CT molecular complexity index is 1990. The maximum Gasteiger partial charge on any atom is 0.216 e. The SMILES string of the molecule is [2H]C(C)(C)c1ccnc(-c2[c-]ccc3c2oc2nc(C([2H])([2H])c4ccccc4)ccc23)c1.[Ir].[c-]1ccccc1-c1ccccn1. The Morgan fingerprint density at radius 3 is 2.36 bits per heavy atom. The van der Waals surface area contributed by atoms with Crippen molar-refractivity contribution in [1.82, 2.24) is 15.0 Å². The molecule has 0 unspecified atom stereocenters. The van der Waals surface area contributed by atoms with Crippen molar-refractivity contribution in [2.45, 2.75) is 26.1 Å². The summed E-state index contributed by atoms with van der Waals surface area (Å²) in [5, 5.41) is 1.67. The largest absolute Gasteiger partial charge is 0.486 e. The van der Waals surface area contributed by atoms with Crippen molar-refractivity contribution in [3.63, 3.8) is 0 Å². The maximum atomic E-state index is 8.61. The zero-order valence-corrected chi connectivity index (χ0v) is 25.5. The fourth-order valence-corrected chi connectivity index (χ4v) is 4.50. The Kier molecular flexibility index (Phi) is 8.12. The number of nitrogens with zero attached hydrogens (tertiary/aromatic N) is 3. The number of rotatable bonds is 5. The minimum atomic E-state index is -1.75. The van der Waals surface area contributed by atoms with Gasteiger partial charge >= 0.3 is 0 Å². The Morgan fingerprint density at radius 2 is 1.60 bits per heavy atom. The van der Waals surface area contributed by atoms with Crippen LogP contribution in [0.5, 0.6) is 0 Å². The van der Waals surface area contributed by atoms with Gasteiger partial charge in [0.15, 0.2) is 0 Å². The molecule has 0 amide bonds. The number of hydrogen-bond acceptors (Lipinski definition) is 4. The molecule has 4 heterocycles. The summed E-state index contributed by atoms with van der Waals surface area (Å²) in [6, 6.07) is 40.1. The first-order valence-electron chi connectivity index (χ1n) is 14.9. The molecule has 4 aromatic heterocycles. The Balaban J connectivity index is 0.000000258. The van der Waals surface area contributed by atoms with E-state index in [1.54, 1.807) is 30.6 Å². The van der Waals surface area contributed by atoms with Gasteiger partial charge in [0.2, 0.25) is 5.71 Å². The number of aromatic nitrogens is 3. The van der Waals surface area contributed by atoms with Crippen molar-refractivity contribution in [3.05, 3.63) is 151 Å². The van der Waals surface area contributed by atoms with E-state index in [0.29, 0.717) is 28.1 Å². The first-order valence-corrected chi connectivity index (χ1v) is 13.4. The maximum absolute atomic E-state index is 8.61. The molecule has 0 atom stereocenters. The van der Waals surface area contributed by atoms with E-state index in [-0.39, 0.29) is 25.8 Å². The fourth-order valence-electron chi connectivity index (χ4n) is 4.50. The summed E-state index contributed by atoms with van der Waals surface area (Å²) in [6.45, 7) is 3.67. The molecule has 0 N–H and O–H groups in total. The molecule has 209 valence electrons. The van der Waals surface area contributed by atoms with Crippen LogP contribution in [0.25, 0.3) is 44.6 Å². The second kappa shape index (κ2) is 13.5. The van der Waals surface area contributed by atoms with Crippen molar-refractivity contribution in [3.8, 4) is 22.5 Å². The van der Waals surface area contributed by atoms with Crippen LogP contribution < -0.4 is 0 Å². The molecular formula is C37H29IrN3O-2. The van der Waals surface area contributed by atoms with Gasteiger partial charge in [-0.15, -0.1) is 54.1 Å². The average molecular weight is 727 g/mol. The van der Waals surface area contributed by atoms with Gasteiger partial charge < -0.3 is 14.4 Å². The van der Waals surface area contributed by atoms with Crippen LogP contribution in [-0.4, -0.2) is 15.0 Å². The monoisotopic (exact) mass is 727 g/mol. The zero-order chi connectivity index (χ0) is 30.7. The van der Waals surface area contributed by atoms with Crippen LogP contribution in [0.15, 0.2) is 126 Å². The van der Waals surface area contributed by atoms with Crippen LogP contribution in [0.4, 0.5) is 0 Å². The number of fused-ring (bicyclic) bond motifs is 3. The second-order valence-corrected chi connectivity index (χ2v) is 9.66. The predicted molar refractivity (Wildman–Crippen MR) is 165 cm³/mol. The summed E-state index contributed by atoms with van der Waals surface area (Å²) in [5.74, 6) is -0.751. The van der Waals surface area contributed by atoms with Gasteiger partial charge in [-0.3, -0.25) is 0 Å². The van der Waals surface area contributed by atoms with Gasteiger partial charge in [0, 0.05) is 54.1 Å². The molecule has 3 aromatic carbocycles. The van der Waals surface area contributed by atoms with E-state index in [1.165, 1.54) is 0 Å². The zero-order valence-electron chi connectivity index (χ0n) is 26.1. The second-order valence-electron chi connectivity index (χ2n) is 9.66. The standard InChI is InChI=1S/C26H21N2O.C11H8N.Ir/c1-17(2)19-13-14-27-24(16-19)23-10-6-9-21-22-12-11-20(28-26(22)29-25(21)23)15-18-7-4-3-5-8-18;1-2-6-10(7-3-1)11-8-4-5-9-12-11;/h3-9,11-14,16-17H,15H2,1-2H3;1-6,8-9H;/q2*-1;/i15D2,17D;;. The molecule has 0 bridgehead atoms. The van der Waals surface area contributed by atoms with E-state index < -0.39 is 12.3 Å². The van der Waals surface area contributed by atoms with Gasteiger partial charge in [0.25, 0.3) is 0 Å². The van der Waals surface area contributed by atoms with Crippen molar-refractivity contribution in [2.24, 2.45) is 0 Å². The van der Waals surface area contributed by atoms with Gasteiger partial charge in [-0.1, -0.05) is 78.9 Å². The van der Waals surface area contributed by atoms with E-state index in [9.17, 15) is 0 Å². The molecular weight excluding hydrogens is 695 g/mol. The molecule has 0 fully saturated rings. The molecule has 7 rings (SSSR count). The number of hydrogen-bond donors (Lipinski definition) is 0. The van der Waals surface area contributed by atoms with Crippen molar-refractivity contribution >= 4 is 22.1 Å². The summed E-state index contributed by atoms with van der Waals surface area (Å²) >= 11 is 0. The summed E-state index contributed by atoms with van der Waals surface area (Å²) in [4.78, 5) is 13.2. The summed E-state index contributed by atoms with van der Waals surface area (Å²) in [6.07, 6.45) is 1.73. The molecule has 0 aliphatic rings. The third-order valence-electron chi connectivity index (χ3n) is 6.59. The molecule has 42 heavy (non-hydrogen) atoms. The van der Waals surface area contributed by atoms with E-state index in [1.807, 2.05) is 105 Å². The first-order chi connectivity index (χ1) is 21.2. The van der Waals surface area contributed by atoms with E-state index >= 15 is 0 Å². The van der Waals surface area contributed by atoms with Crippen LogP contribution in [0.1, 0.15) is 40.7 Å². The normalized spacial score (nSPS) is 12.4. The van der Waals surface area contributed by atoms with E-state index in [2.05, 4.69) is 27.1 Å². The topological polar surface area (TPSA) is 51.8 Å². The smallest absolute Gasteiger partial charge is 0.216 e. The van der Waals surface area contributed by atoms with Gasteiger partial charge in [-0.25, -0.2) is 4.98 Å². The molecule has 0 aliphatic heterocycles. The molecule has 0 saturated heterocycles. The van der Waals surface area contributed by atoms with Gasteiger partial charge in [-0.2, -0.15) is 0 Å². The molecule has 7 aromatic rings. The molecule has 4 nitrogen and oxygen atoms in total. The third-order valence-corrected chi connectivity index (χ3v) is 6.59. The van der Waals surface area contributed by atoms with Gasteiger partial charge in [-0.05, 0) is 47.1 Å². The van der Waals surface area contributed by atoms with Crippen LogP contribution in [0, 0.1) is 12.1 Å². The summed E-state index contributed by atoms with van der Waals surface area (Å²) < 4.78 is 31.7. The Labute approximate surface area is 264 Å². The van der Waals surface area contributed by atoms with Crippen LogP contribution in [0.2, 0.25) is 0 Å². The predicted octanol–water partition coefficient (Wildman–Crippen LogP) is 9.10. The number of furan rings is 1. The summed E-state index contributed by atoms with van der Waals surface area (Å²) in [5.41, 5.74) is 6.02. The minimum absolute atomic E-state index is 0. The van der Waals surface area contributed by atoms with Crippen LogP contribution in [-0.2, 0) is 26.5 Å². The minimum Gasteiger partial charge on any atom is -0.486 e. The Hall–Kier alpha value is -4.44. The quantitative estimate of drug-likeness (QED) is 0.166. The fraction of sp³-hybridized carbons (Fsp3) is 0.108. The van der Waals surface area contributed by atoms with Gasteiger partial charge in [0.1, 0.15) is 0 Å². The molecule has 0 aliphatic carbocycles. The number of benzene rings is 3. The van der Waals surface area contributed by atoms with E-state index in [4.69, 9.17) is 8.53 Å². The van der Waals surface area contributed by atoms with Crippen LogP contribution in [0.3, 0.4) is 0 Å². The van der Waals surface area contributed by atoms with Crippen molar-refractivity contribution in [1.29, 1.82) is 0 Å². The average Bonchev–Trinajstić information content (AvgIpc) is 3.44. The van der Waals surface area contributed by atoms with Crippen molar-refractivity contribution < 1.29 is 28.6 Å². The number of pyridine rings is 3. The third kappa shape index (κ3) is 6.54. The molecule has 0 saturated carbocycles. The van der Waals surface area contributed by atoms with Crippen LogP contribution >= 0.6 is 0 Å². The van der Waals surface area contributed by atoms with Crippen molar-refractivity contribution in [2.75, 3.05) is 0 Å². The molecule has 0 spiro atoms. The Morgan fingerprint density at radius 1 is 0.786 bits per heavy atom. The molecule has 1 radical (unpaired) electrons. The summed E-state index contributed by atoms with van der Waals surface area (Å²) in [7, 11) is 0.